The predicted octanol–water partition coefficient (Wildman–Crippen LogP) is 0.832. The number of carbonyl (C=O) groups excluding carboxylic acids is 2. The van der Waals surface area contributed by atoms with Crippen LogP contribution in [0.3, 0.4) is 0 Å². The van der Waals surface area contributed by atoms with E-state index in [1.807, 2.05) is 25.3 Å². The molecule has 3 amide bonds. The Labute approximate surface area is 189 Å². The minimum Gasteiger partial charge on any atom is -0.381 e. The fraction of sp³-hybridized carbons (Fsp3) is 0.682. The molecule has 0 aromatic carbocycles. The lowest BCUT2D eigenvalue weighted by atomic mass is 10.1. The maximum absolute atomic E-state index is 13.6. The number of nitrogens with zero attached hydrogens (tertiary/aromatic N) is 7. The van der Waals surface area contributed by atoms with Crippen molar-refractivity contribution in [2.24, 2.45) is 4.99 Å². The minimum absolute atomic E-state index is 0.229. The number of amides is 3. The van der Waals surface area contributed by atoms with Gasteiger partial charge in [-0.1, -0.05) is 11.4 Å². The van der Waals surface area contributed by atoms with Gasteiger partial charge >= 0.3 is 12.0 Å². The third kappa shape index (κ3) is 3.86. The number of fused-ring (bicyclic) bond motifs is 1. The second kappa shape index (κ2) is 9.11. The van der Waals surface area contributed by atoms with Gasteiger partial charge in [0.25, 0.3) is 5.91 Å². The van der Waals surface area contributed by atoms with Crippen LogP contribution in [0.15, 0.2) is 4.99 Å². The maximum atomic E-state index is 13.6. The van der Waals surface area contributed by atoms with Gasteiger partial charge in [0.1, 0.15) is 5.69 Å². The van der Waals surface area contributed by atoms with Crippen molar-refractivity contribution in [1.82, 2.24) is 24.5 Å². The largest absolute Gasteiger partial charge is 0.421 e. The number of hydrogen-bond donors (Lipinski definition) is 0. The lowest BCUT2D eigenvalue weighted by molar-refractivity contribution is -0.539. The average molecular weight is 445 g/mol. The van der Waals surface area contributed by atoms with Crippen LogP contribution in [-0.4, -0.2) is 112 Å². The molecule has 2 saturated heterocycles. The topological polar surface area (TPSA) is 86.3 Å². The summed E-state index contributed by atoms with van der Waals surface area (Å²) in [7, 11) is 3.33. The van der Waals surface area contributed by atoms with E-state index in [1.54, 1.807) is 18.8 Å². The molecule has 4 rings (SSSR count). The molecule has 0 aliphatic carbocycles. The highest BCUT2D eigenvalue weighted by Crippen LogP contribution is 2.22. The predicted molar refractivity (Wildman–Crippen MR) is 120 cm³/mol. The fourth-order valence-corrected chi connectivity index (χ4v) is 4.64. The van der Waals surface area contributed by atoms with Crippen LogP contribution in [0, 0.1) is 20.8 Å². The van der Waals surface area contributed by atoms with E-state index < -0.39 is 6.04 Å². The lowest BCUT2D eigenvalue weighted by Crippen LogP contribution is -2.63. The SMILES string of the molecule is COCC[N+]1=C(n2nc(C)c(C)c2C)N=C2C1C(=O)N(CCN1CCCCC1)C(=O)N2C. The number of urea groups is 1. The number of ether oxygens (including phenoxy) is 1. The zero-order valence-corrected chi connectivity index (χ0v) is 19.8. The molecule has 0 N–H and O–H groups in total. The smallest absolute Gasteiger partial charge is 0.381 e. The van der Waals surface area contributed by atoms with E-state index in [-0.39, 0.29) is 11.9 Å². The number of carbonyl (C=O) groups is 2. The summed E-state index contributed by atoms with van der Waals surface area (Å²) in [5, 5.41) is 4.65. The molecular formula is C22H34N7O3+. The molecular weight excluding hydrogens is 410 g/mol. The number of aliphatic imine (C=N–C) groups is 1. The quantitative estimate of drug-likeness (QED) is 0.607. The van der Waals surface area contributed by atoms with E-state index in [9.17, 15) is 9.59 Å². The van der Waals surface area contributed by atoms with Gasteiger partial charge in [-0.25, -0.2) is 9.37 Å². The fourth-order valence-electron chi connectivity index (χ4n) is 4.64. The van der Waals surface area contributed by atoms with E-state index in [2.05, 4.69) is 10.00 Å². The molecule has 3 aliphatic rings. The minimum atomic E-state index is -0.659. The first-order valence-corrected chi connectivity index (χ1v) is 11.4. The zero-order valence-electron chi connectivity index (χ0n) is 19.8. The Balaban J connectivity index is 1.67. The normalized spacial score (nSPS) is 22.2. The summed E-state index contributed by atoms with van der Waals surface area (Å²) in [6.45, 7) is 10.0. The summed E-state index contributed by atoms with van der Waals surface area (Å²) >= 11 is 0. The van der Waals surface area contributed by atoms with Crippen molar-refractivity contribution in [2.75, 3.05) is 53.5 Å². The molecule has 1 aromatic rings. The number of aryl methyl sites for hydroxylation is 1. The molecule has 10 nitrogen and oxygen atoms in total. The number of hydrogen-bond acceptors (Lipinski definition) is 6. The third-order valence-corrected chi connectivity index (χ3v) is 6.86. The zero-order chi connectivity index (χ0) is 23.0. The Morgan fingerprint density at radius 1 is 1.09 bits per heavy atom. The van der Waals surface area contributed by atoms with E-state index in [4.69, 9.17) is 9.73 Å². The van der Waals surface area contributed by atoms with Crippen LogP contribution in [0.4, 0.5) is 4.79 Å². The lowest BCUT2D eigenvalue weighted by Gasteiger charge is -2.35. The standard InChI is InChI=1S/C22H34N7O3/c1-15-16(2)24-29(17(15)3)21-23-19-18(27(21)13-14-32-5)20(30)28(22(31)25(19)4)12-11-26-9-7-6-8-10-26/h18H,6-14H2,1-5H3/q+1. The molecule has 10 heteroatoms. The second-order valence-electron chi connectivity index (χ2n) is 8.80. The van der Waals surface area contributed by atoms with E-state index in [1.165, 1.54) is 29.1 Å². The van der Waals surface area contributed by atoms with Gasteiger partial charge in [0.15, 0.2) is 0 Å². The van der Waals surface area contributed by atoms with Crippen molar-refractivity contribution < 1.29 is 18.9 Å². The van der Waals surface area contributed by atoms with Crippen molar-refractivity contribution in [1.29, 1.82) is 0 Å². The Bertz CT molecular complexity index is 974. The number of rotatable bonds is 6. The Kier molecular flexibility index (Phi) is 6.43. The highest BCUT2D eigenvalue weighted by atomic mass is 16.5. The van der Waals surface area contributed by atoms with Gasteiger partial charge in [-0.05, 0) is 46.7 Å². The van der Waals surface area contributed by atoms with E-state index in [0.717, 1.165) is 30.0 Å². The van der Waals surface area contributed by atoms with Crippen molar-refractivity contribution >= 4 is 23.7 Å². The molecule has 1 unspecified atom stereocenters. The van der Waals surface area contributed by atoms with Crippen molar-refractivity contribution in [3.05, 3.63) is 17.0 Å². The van der Waals surface area contributed by atoms with Gasteiger partial charge in [0, 0.05) is 32.8 Å². The highest BCUT2D eigenvalue weighted by Gasteiger charge is 2.53. The van der Waals surface area contributed by atoms with Gasteiger partial charge < -0.3 is 9.64 Å². The number of aromatic nitrogens is 2. The summed E-state index contributed by atoms with van der Waals surface area (Å²) in [6, 6.07) is -0.979. The maximum Gasteiger partial charge on any atom is 0.421 e. The first-order chi connectivity index (χ1) is 15.3. The molecule has 0 bridgehead atoms. The van der Waals surface area contributed by atoms with Crippen molar-refractivity contribution in [2.45, 2.75) is 46.1 Å². The van der Waals surface area contributed by atoms with Crippen molar-refractivity contribution in [3.8, 4) is 0 Å². The van der Waals surface area contributed by atoms with Gasteiger partial charge in [0.05, 0.1) is 18.8 Å². The molecule has 0 radical (unpaired) electrons. The molecule has 4 heterocycles. The molecule has 1 aromatic heterocycles. The van der Waals surface area contributed by atoms with Crippen LogP contribution in [-0.2, 0) is 9.53 Å². The number of likely N-dealkylation sites (N-methyl/N-ethyl adjacent to an activating group) is 1. The first kappa shape index (κ1) is 22.6. The van der Waals surface area contributed by atoms with Gasteiger partial charge in [-0.15, -0.1) is 9.78 Å². The molecule has 32 heavy (non-hydrogen) atoms. The summed E-state index contributed by atoms with van der Waals surface area (Å²) in [4.78, 5) is 36.7. The van der Waals surface area contributed by atoms with Gasteiger partial charge in [-0.3, -0.25) is 14.6 Å². The van der Waals surface area contributed by atoms with Crippen LogP contribution in [0.25, 0.3) is 0 Å². The summed E-state index contributed by atoms with van der Waals surface area (Å²) in [5.41, 5.74) is 2.96. The molecule has 2 fully saturated rings. The van der Waals surface area contributed by atoms with Crippen LogP contribution in [0.2, 0.25) is 0 Å². The first-order valence-electron chi connectivity index (χ1n) is 11.4. The Morgan fingerprint density at radius 2 is 1.81 bits per heavy atom. The number of piperidine rings is 1. The van der Waals surface area contributed by atoms with Gasteiger partial charge in [-0.2, -0.15) is 0 Å². The third-order valence-electron chi connectivity index (χ3n) is 6.86. The Hall–Kier alpha value is -2.59. The molecule has 0 saturated carbocycles. The summed E-state index contributed by atoms with van der Waals surface area (Å²) in [5.74, 6) is 0.778. The molecule has 174 valence electrons. The number of imide groups is 1. The second-order valence-corrected chi connectivity index (χ2v) is 8.80. The number of methoxy groups -OCH3 is 1. The van der Waals surface area contributed by atoms with Crippen LogP contribution in [0.5, 0.6) is 0 Å². The number of amidine groups is 1. The van der Waals surface area contributed by atoms with Crippen LogP contribution >= 0.6 is 0 Å². The van der Waals surface area contributed by atoms with E-state index in [0.29, 0.717) is 38.0 Å². The summed E-state index contributed by atoms with van der Waals surface area (Å²) in [6.07, 6.45) is 3.60. The summed E-state index contributed by atoms with van der Waals surface area (Å²) < 4.78 is 9.00. The van der Waals surface area contributed by atoms with E-state index >= 15 is 0 Å². The van der Waals surface area contributed by atoms with Crippen molar-refractivity contribution in [3.63, 3.8) is 0 Å². The molecule has 3 aliphatic heterocycles. The van der Waals surface area contributed by atoms with Crippen LogP contribution < -0.4 is 0 Å². The monoisotopic (exact) mass is 444 g/mol. The molecule has 1 atom stereocenters. The number of likely N-dealkylation sites (tertiary alicyclic amines) is 1. The average Bonchev–Trinajstić information content (AvgIpc) is 3.29. The van der Waals surface area contributed by atoms with Gasteiger partial charge in [0.2, 0.25) is 11.9 Å². The molecule has 0 spiro atoms. The highest BCUT2D eigenvalue weighted by molar-refractivity contribution is 6.23. The van der Waals surface area contributed by atoms with Crippen LogP contribution in [0.1, 0.15) is 36.2 Å². The Morgan fingerprint density at radius 3 is 2.44 bits per heavy atom.